The SMILES string of the molecule is C[C@@H](Sc1nnc(C2CC2)n1C)C(=O)Nc1ccc(C#N)c(Cl)c1. The van der Waals surface area contributed by atoms with Gasteiger partial charge in [0, 0.05) is 18.7 Å². The van der Waals surface area contributed by atoms with E-state index in [4.69, 9.17) is 16.9 Å². The molecule has 1 N–H and O–H groups in total. The molecule has 2 aromatic rings. The number of nitrogens with one attached hydrogen (secondary N) is 1. The van der Waals surface area contributed by atoms with E-state index >= 15 is 0 Å². The molecule has 1 aromatic carbocycles. The number of anilines is 1. The molecule has 0 spiro atoms. The van der Waals surface area contributed by atoms with E-state index < -0.39 is 0 Å². The molecular weight excluding hydrogens is 346 g/mol. The fourth-order valence-corrected chi connectivity index (χ4v) is 3.31. The number of thioether (sulfide) groups is 1. The maximum Gasteiger partial charge on any atom is 0.237 e. The second-order valence-corrected chi connectivity index (χ2v) is 7.44. The number of carbonyl (C=O) groups is 1. The summed E-state index contributed by atoms with van der Waals surface area (Å²) in [5.41, 5.74) is 0.942. The maximum atomic E-state index is 12.3. The zero-order valence-electron chi connectivity index (χ0n) is 13.3. The van der Waals surface area contributed by atoms with Gasteiger partial charge in [0.05, 0.1) is 15.8 Å². The maximum absolute atomic E-state index is 12.3. The fourth-order valence-electron chi connectivity index (χ4n) is 2.26. The van der Waals surface area contributed by atoms with Gasteiger partial charge in [-0.1, -0.05) is 23.4 Å². The van der Waals surface area contributed by atoms with E-state index in [1.54, 1.807) is 18.2 Å². The van der Waals surface area contributed by atoms with E-state index in [9.17, 15) is 4.79 Å². The summed E-state index contributed by atoms with van der Waals surface area (Å²) in [6.45, 7) is 1.82. The van der Waals surface area contributed by atoms with E-state index in [2.05, 4.69) is 15.5 Å². The van der Waals surface area contributed by atoms with Crippen molar-refractivity contribution in [1.82, 2.24) is 14.8 Å². The molecule has 1 saturated carbocycles. The number of rotatable bonds is 5. The molecule has 1 amide bonds. The highest BCUT2D eigenvalue weighted by Gasteiger charge is 2.30. The molecule has 1 aliphatic carbocycles. The number of hydrogen-bond donors (Lipinski definition) is 1. The van der Waals surface area contributed by atoms with Crippen molar-refractivity contribution in [2.75, 3.05) is 5.32 Å². The van der Waals surface area contributed by atoms with Crippen LogP contribution in [0.4, 0.5) is 5.69 Å². The normalized spacial score (nSPS) is 14.9. The quantitative estimate of drug-likeness (QED) is 0.826. The molecule has 6 nitrogen and oxygen atoms in total. The Morgan fingerprint density at radius 1 is 1.50 bits per heavy atom. The summed E-state index contributed by atoms with van der Waals surface area (Å²) in [5.74, 6) is 1.35. The highest BCUT2D eigenvalue weighted by molar-refractivity contribution is 8.00. The summed E-state index contributed by atoms with van der Waals surface area (Å²) in [4.78, 5) is 12.3. The van der Waals surface area contributed by atoms with Crippen LogP contribution in [-0.4, -0.2) is 25.9 Å². The Hall–Kier alpha value is -2.04. The standard InChI is InChI=1S/C16H16ClN5OS/c1-9(24-16-21-20-14(22(16)2)10-3-4-10)15(23)19-12-6-5-11(8-18)13(17)7-12/h5-7,9-10H,3-4H2,1-2H3,(H,19,23)/t9-/m1/s1. The van der Waals surface area contributed by atoms with Crippen molar-refractivity contribution in [3.05, 3.63) is 34.6 Å². The minimum absolute atomic E-state index is 0.156. The zero-order chi connectivity index (χ0) is 17.3. The minimum Gasteiger partial charge on any atom is -0.325 e. The van der Waals surface area contributed by atoms with Gasteiger partial charge >= 0.3 is 0 Å². The first-order valence-electron chi connectivity index (χ1n) is 7.56. The Morgan fingerprint density at radius 3 is 2.88 bits per heavy atom. The molecule has 1 aromatic heterocycles. The topological polar surface area (TPSA) is 83.6 Å². The van der Waals surface area contributed by atoms with Gasteiger partial charge in [0.15, 0.2) is 5.16 Å². The summed E-state index contributed by atoms with van der Waals surface area (Å²) < 4.78 is 1.96. The molecule has 0 radical (unpaired) electrons. The van der Waals surface area contributed by atoms with Crippen molar-refractivity contribution in [3.8, 4) is 6.07 Å². The lowest BCUT2D eigenvalue weighted by Crippen LogP contribution is -2.22. The first kappa shape index (κ1) is 16.8. The van der Waals surface area contributed by atoms with Crippen molar-refractivity contribution in [2.45, 2.75) is 36.1 Å². The van der Waals surface area contributed by atoms with Crippen LogP contribution in [0.1, 0.15) is 37.1 Å². The Labute approximate surface area is 149 Å². The van der Waals surface area contributed by atoms with Crippen LogP contribution in [0.2, 0.25) is 5.02 Å². The molecule has 1 fully saturated rings. The molecule has 1 aliphatic rings. The van der Waals surface area contributed by atoms with Crippen LogP contribution in [0.5, 0.6) is 0 Å². The number of amides is 1. The van der Waals surface area contributed by atoms with Crippen LogP contribution in [0, 0.1) is 11.3 Å². The molecule has 24 heavy (non-hydrogen) atoms. The minimum atomic E-state index is -0.339. The zero-order valence-corrected chi connectivity index (χ0v) is 14.9. The van der Waals surface area contributed by atoms with Crippen LogP contribution < -0.4 is 5.32 Å². The first-order valence-corrected chi connectivity index (χ1v) is 8.82. The number of aromatic nitrogens is 3. The van der Waals surface area contributed by atoms with Crippen LogP contribution in [0.15, 0.2) is 23.4 Å². The summed E-state index contributed by atoms with van der Waals surface area (Å²) in [7, 11) is 1.93. The highest BCUT2D eigenvalue weighted by Crippen LogP contribution is 2.39. The predicted molar refractivity (Wildman–Crippen MR) is 93.1 cm³/mol. The smallest absolute Gasteiger partial charge is 0.237 e. The van der Waals surface area contributed by atoms with Gasteiger partial charge in [0.1, 0.15) is 11.9 Å². The Kier molecular flexibility index (Phi) is 4.78. The second-order valence-electron chi connectivity index (χ2n) is 5.73. The molecule has 124 valence electrons. The third kappa shape index (κ3) is 3.55. The average Bonchev–Trinajstić information content (AvgIpc) is 3.33. The van der Waals surface area contributed by atoms with Gasteiger partial charge in [-0.2, -0.15) is 5.26 Å². The molecule has 0 unspecified atom stereocenters. The predicted octanol–water partition coefficient (Wildman–Crippen LogP) is 3.34. The molecule has 1 atom stereocenters. The lowest BCUT2D eigenvalue weighted by Gasteiger charge is -2.12. The fraction of sp³-hybridized carbons (Fsp3) is 0.375. The lowest BCUT2D eigenvalue weighted by molar-refractivity contribution is -0.115. The molecule has 1 heterocycles. The first-order chi connectivity index (χ1) is 11.5. The lowest BCUT2D eigenvalue weighted by atomic mass is 10.2. The number of halogens is 1. The number of nitrogens with zero attached hydrogens (tertiary/aromatic N) is 4. The summed E-state index contributed by atoms with van der Waals surface area (Å²) in [6.07, 6.45) is 2.32. The van der Waals surface area contributed by atoms with Crippen LogP contribution in [0.3, 0.4) is 0 Å². The van der Waals surface area contributed by atoms with Gasteiger partial charge in [-0.25, -0.2) is 0 Å². The summed E-state index contributed by atoms with van der Waals surface area (Å²) in [5, 5.41) is 20.8. The Morgan fingerprint density at radius 2 is 2.25 bits per heavy atom. The van der Waals surface area contributed by atoms with Crippen LogP contribution >= 0.6 is 23.4 Å². The Bertz CT molecular complexity index is 824. The van der Waals surface area contributed by atoms with E-state index in [1.165, 1.54) is 11.8 Å². The molecule has 0 saturated heterocycles. The van der Waals surface area contributed by atoms with Crippen molar-refractivity contribution < 1.29 is 4.79 Å². The molecule has 0 aliphatic heterocycles. The van der Waals surface area contributed by atoms with E-state index in [0.717, 1.165) is 23.8 Å². The molecule has 3 rings (SSSR count). The van der Waals surface area contributed by atoms with Gasteiger partial charge < -0.3 is 9.88 Å². The summed E-state index contributed by atoms with van der Waals surface area (Å²) in [6, 6.07) is 6.80. The van der Waals surface area contributed by atoms with Crippen molar-refractivity contribution in [2.24, 2.45) is 7.05 Å². The number of benzene rings is 1. The molecular formula is C16H16ClN5OS. The van der Waals surface area contributed by atoms with Crippen molar-refractivity contribution >= 4 is 35.0 Å². The van der Waals surface area contributed by atoms with Gasteiger partial charge in [-0.3, -0.25) is 4.79 Å². The van der Waals surface area contributed by atoms with Gasteiger partial charge in [-0.05, 0) is 38.0 Å². The highest BCUT2D eigenvalue weighted by atomic mass is 35.5. The van der Waals surface area contributed by atoms with Gasteiger partial charge in [0.25, 0.3) is 0 Å². The Balaban J connectivity index is 1.64. The number of nitriles is 1. The molecule has 8 heteroatoms. The number of carbonyl (C=O) groups excluding carboxylic acids is 1. The van der Waals surface area contributed by atoms with Gasteiger partial charge in [-0.15, -0.1) is 10.2 Å². The summed E-state index contributed by atoms with van der Waals surface area (Å²) >= 11 is 7.35. The monoisotopic (exact) mass is 361 g/mol. The second kappa shape index (κ2) is 6.83. The van der Waals surface area contributed by atoms with Crippen LogP contribution in [-0.2, 0) is 11.8 Å². The largest absolute Gasteiger partial charge is 0.325 e. The van der Waals surface area contributed by atoms with E-state index in [0.29, 0.717) is 22.2 Å². The number of hydrogen-bond acceptors (Lipinski definition) is 5. The van der Waals surface area contributed by atoms with Gasteiger partial charge in [0.2, 0.25) is 5.91 Å². The third-order valence-electron chi connectivity index (χ3n) is 3.82. The third-order valence-corrected chi connectivity index (χ3v) is 5.27. The van der Waals surface area contributed by atoms with Crippen molar-refractivity contribution in [1.29, 1.82) is 5.26 Å². The van der Waals surface area contributed by atoms with Crippen LogP contribution in [0.25, 0.3) is 0 Å². The van der Waals surface area contributed by atoms with E-state index in [-0.39, 0.29) is 11.2 Å². The van der Waals surface area contributed by atoms with Crippen molar-refractivity contribution in [3.63, 3.8) is 0 Å². The average molecular weight is 362 g/mol. The van der Waals surface area contributed by atoms with E-state index in [1.807, 2.05) is 24.6 Å². The molecule has 0 bridgehead atoms.